The fraction of sp³-hybridized carbons (Fsp3) is 0.0625. The molecule has 0 aliphatic rings. The molecule has 25 heavy (non-hydrogen) atoms. The van der Waals surface area contributed by atoms with Crippen LogP contribution >= 0.6 is 0 Å². The molecule has 1 N–H and O–H groups in total. The van der Waals surface area contributed by atoms with Gasteiger partial charge in [-0.3, -0.25) is 4.72 Å². The van der Waals surface area contributed by atoms with Crippen molar-refractivity contribution in [1.82, 2.24) is 4.98 Å². The molecule has 2 aromatic carbocycles. The maximum atomic E-state index is 12.5. The molecule has 1 heterocycles. The summed E-state index contributed by atoms with van der Waals surface area (Å²) < 4.78 is 69.5. The summed E-state index contributed by atoms with van der Waals surface area (Å²) in [5.74, 6) is 0.347. The van der Waals surface area contributed by atoms with Crippen molar-refractivity contribution in [2.45, 2.75) is 11.1 Å². The lowest BCUT2D eigenvalue weighted by Crippen LogP contribution is -2.13. The van der Waals surface area contributed by atoms with Crippen LogP contribution in [0.15, 0.2) is 70.3 Å². The standard InChI is InChI=1S/C16H11F3N2O3S/c17-16(18,19)12-3-5-13(6-4-12)21-25(22,23)14-7-1-11(2-8-14)15-20-9-10-24-15/h1-10,21H. The minimum absolute atomic E-state index is 0.0322. The Morgan fingerprint density at radius 2 is 1.60 bits per heavy atom. The number of hydrogen-bond donors (Lipinski definition) is 1. The van der Waals surface area contributed by atoms with E-state index in [2.05, 4.69) is 9.71 Å². The Balaban J connectivity index is 1.80. The summed E-state index contributed by atoms with van der Waals surface area (Å²) in [5.41, 5.74) is -0.228. The quantitative estimate of drug-likeness (QED) is 0.751. The first kappa shape index (κ1) is 17.0. The van der Waals surface area contributed by atoms with Gasteiger partial charge >= 0.3 is 6.18 Å². The number of aromatic nitrogens is 1. The summed E-state index contributed by atoms with van der Waals surface area (Å²) in [4.78, 5) is 3.91. The van der Waals surface area contributed by atoms with E-state index in [0.29, 0.717) is 11.5 Å². The van der Waals surface area contributed by atoms with Crippen LogP contribution in [0.5, 0.6) is 0 Å². The molecule has 0 fully saturated rings. The van der Waals surface area contributed by atoms with Gasteiger partial charge < -0.3 is 4.42 Å². The molecular formula is C16H11F3N2O3S. The number of oxazole rings is 1. The van der Waals surface area contributed by atoms with Gasteiger partial charge in [0.05, 0.1) is 16.7 Å². The molecule has 0 atom stereocenters. The lowest BCUT2D eigenvalue weighted by atomic mass is 10.2. The zero-order valence-corrected chi connectivity index (χ0v) is 13.3. The molecule has 0 spiro atoms. The third kappa shape index (κ3) is 3.82. The van der Waals surface area contributed by atoms with E-state index in [9.17, 15) is 21.6 Å². The monoisotopic (exact) mass is 368 g/mol. The third-order valence-corrected chi connectivity index (χ3v) is 4.71. The number of anilines is 1. The van der Waals surface area contributed by atoms with Crippen molar-refractivity contribution in [3.8, 4) is 11.5 Å². The highest BCUT2D eigenvalue weighted by Gasteiger charge is 2.30. The highest BCUT2D eigenvalue weighted by atomic mass is 32.2. The van der Waals surface area contributed by atoms with Gasteiger partial charge in [0, 0.05) is 11.3 Å². The van der Waals surface area contributed by atoms with Gasteiger partial charge in [-0.25, -0.2) is 13.4 Å². The van der Waals surface area contributed by atoms with E-state index in [1.165, 1.54) is 36.7 Å². The number of rotatable bonds is 4. The first-order chi connectivity index (χ1) is 11.8. The molecule has 0 radical (unpaired) electrons. The normalized spacial score (nSPS) is 12.1. The van der Waals surface area contributed by atoms with E-state index < -0.39 is 21.8 Å². The van der Waals surface area contributed by atoms with E-state index in [1.807, 2.05) is 0 Å². The lowest BCUT2D eigenvalue weighted by molar-refractivity contribution is -0.137. The highest BCUT2D eigenvalue weighted by Crippen LogP contribution is 2.30. The summed E-state index contributed by atoms with van der Waals surface area (Å²) in [5, 5.41) is 0. The maximum Gasteiger partial charge on any atom is 0.416 e. The Bertz CT molecular complexity index is 949. The van der Waals surface area contributed by atoms with Crippen LogP contribution < -0.4 is 4.72 Å². The molecule has 0 bridgehead atoms. The van der Waals surface area contributed by atoms with E-state index in [4.69, 9.17) is 4.42 Å². The fourth-order valence-corrected chi connectivity index (χ4v) is 3.14. The molecule has 3 aromatic rings. The summed E-state index contributed by atoms with van der Waals surface area (Å²) in [6, 6.07) is 9.48. The lowest BCUT2D eigenvalue weighted by Gasteiger charge is -2.10. The molecule has 0 amide bonds. The second kappa shape index (κ2) is 6.25. The highest BCUT2D eigenvalue weighted by molar-refractivity contribution is 7.92. The van der Waals surface area contributed by atoms with Gasteiger partial charge in [-0.15, -0.1) is 0 Å². The fourth-order valence-electron chi connectivity index (χ4n) is 2.08. The number of nitrogens with one attached hydrogen (secondary N) is 1. The van der Waals surface area contributed by atoms with Crippen molar-refractivity contribution < 1.29 is 26.0 Å². The molecule has 5 nitrogen and oxygen atoms in total. The van der Waals surface area contributed by atoms with Crippen molar-refractivity contribution in [1.29, 1.82) is 0 Å². The Morgan fingerprint density at radius 3 is 2.12 bits per heavy atom. The van der Waals surface area contributed by atoms with E-state index in [-0.39, 0.29) is 10.6 Å². The largest absolute Gasteiger partial charge is 0.445 e. The Hall–Kier alpha value is -2.81. The zero-order valence-electron chi connectivity index (χ0n) is 12.5. The molecule has 1 aromatic heterocycles. The Labute approximate surface area is 141 Å². The predicted molar refractivity (Wildman–Crippen MR) is 84.2 cm³/mol. The number of sulfonamides is 1. The number of benzene rings is 2. The van der Waals surface area contributed by atoms with Crippen LogP contribution in [0.3, 0.4) is 0 Å². The molecule has 130 valence electrons. The topological polar surface area (TPSA) is 72.2 Å². The van der Waals surface area contributed by atoms with Gasteiger partial charge in [0.15, 0.2) is 0 Å². The number of nitrogens with zero attached hydrogens (tertiary/aromatic N) is 1. The summed E-state index contributed by atoms with van der Waals surface area (Å²) in [7, 11) is -3.93. The molecule has 9 heteroatoms. The summed E-state index contributed by atoms with van der Waals surface area (Å²) in [6.45, 7) is 0. The predicted octanol–water partition coefficient (Wildman–Crippen LogP) is 4.16. The van der Waals surface area contributed by atoms with Crippen LogP contribution in [0.1, 0.15) is 5.56 Å². The van der Waals surface area contributed by atoms with E-state index in [1.54, 1.807) is 0 Å². The molecule has 0 saturated heterocycles. The zero-order chi connectivity index (χ0) is 18.1. The van der Waals surface area contributed by atoms with Crippen LogP contribution in [-0.4, -0.2) is 13.4 Å². The first-order valence-electron chi connectivity index (χ1n) is 6.96. The van der Waals surface area contributed by atoms with Crippen LogP contribution in [-0.2, 0) is 16.2 Å². The van der Waals surface area contributed by atoms with Gasteiger partial charge in [0.25, 0.3) is 10.0 Å². The molecule has 0 saturated carbocycles. The maximum absolute atomic E-state index is 12.5. The van der Waals surface area contributed by atoms with Crippen molar-refractivity contribution in [3.05, 3.63) is 66.6 Å². The average molecular weight is 368 g/mol. The third-order valence-electron chi connectivity index (χ3n) is 3.31. The second-order valence-corrected chi connectivity index (χ2v) is 6.72. The van der Waals surface area contributed by atoms with Gasteiger partial charge in [-0.05, 0) is 48.5 Å². The van der Waals surface area contributed by atoms with Crippen molar-refractivity contribution >= 4 is 15.7 Å². The number of hydrogen-bond acceptors (Lipinski definition) is 4. The Kier molecular flexibility index (Phi) is 4.25. The minimum Gasteiger partial charge on any atom is -0.445 e. The smallest absolute Gasteiger partial charge is 0.416 e. The number of halogens is 3. The molecule has 0 unspecified atom stereocenters. The van der Waals surface area contributed by atoms with Crippen molar-refractivity contribution in [2.75, 3.05) is 4.72 Å². The van der Waals surface area contributed by atoms with Crippen LogP contribution in [0, 0.1) is 0 Å². The molecule has 0 aliphatic carbocycles. The van der Waals surface area contributed by atoms with E-state index in [0.717, 1.165) is 24.3 Å². The number of alkyl halides is 3. The van der Waals surface area contributed by atoms with Crippen LogP contribution in [0.25, 0.3) is 11.5 Å². The van der Waals surface area contributed by atoms with Crippen molar-refractivity contribution in [3.63, 3.8) is 0 Å². The van der Waals surface area contributed by atoms with Crippen LogP contribution in [0.4, 0.5) is 18.9 Å². The molecular weight excluding hydrogens is 357 g/mol. The van der Waals surface area contributed by atoms with E-state index >= 15 is 0 Å². The summed E-state index contributed by atoms with van der Waals surface area (Å²) in [6.07, 6.45) is -1.62. The van der Waals surface area contributed by atoms with Gasteiger partial charge in [-0.1, -0.05) is 0 Å². The van der Waals surface area contributed by atoms with Gasteiger partial charge in [0.2, 0.25) is 5.89 Å². The molecule has 3 rings (SSSR count). The van der Waals surface area contributed by atoms with Crippen molar-refractivity contribution in [2.24, 2.45) is 0 Å². The SMILES string of the molecule is O=S(=O)(Nc1ccc(C(F)(F)F)cc1)c1ccc(-c2ncco2)cc1. The second-order valence-electron chi connectivity index (χ2n) is 5.04. The van der Waals surface area contributed by atoms with Gasteiger partial charge in [-0.2, -0.15) is 13.2 Å². The van der Waals surface area contributed by atoms with Gasteiger partial charge in [0.1, 0.15) is 6.26 Å². The van der Waals surface area contributed by atoms with Crippen LogP contribution in [0.2, 0.25) is 0 Å². The molecule has 0 aliphatic heterocycles. The summed E-state index contributed by atoms with van der Waals surface area (Å²) >= 11 is 0. The average Bonchev–Trinajstić information content (AvgIpc) is 3.09. The first-order valence-corrected chi connectivity index (χ1v) is 8.44. The minimum atomic E-state index is -4.48. The Morgan fingerprint density at radius 1 is 0.960 bits per heavy atom.